The van der Waals surface area contributed by atoms with Gasteiger partial charge in [0.25, 0.3) is 0 Å². The van der Waals surface area contributed by atoms with Crippen LogP contribution in [-0.2, 0) is 19.3 Å². The van der Waals surface area contributed by atoms with Gasteiger partial charge in [0, 0.05) is 24.2 Å². The predicted octanol–water partition coefficient (Wildman–Crippen LogP) is 5.78. The van der Waals surface area contributed by atoms with E-state index < -0.39 is 11.6 Å². The van der Waals surface area contributed by atoms with E-state index in [2.05, 4.69) is 41.5 Å². The maximum atomic E-state index is 13.4. The lowest BCUT2D eigenvalue weighted by atomic mass is 9.83. The summed E-state index contributed by atoms with van der Waals surface area (Å²) < 4.78 is 26.7. The Balaban J connectivity index is 1.36. The summed E-state index contributed by atoms with van der Waals surface area (Å²) in [5.74, 6) is 1.21. The first-order valence-corrected chi connectivity index (χ1v) is 11.6. The van der Waals surface area contributed by atoms with Gasteiger partial charge in [0.05, 0.1) is 5.69 Å². The second kappa shape index (κ2) is 10.8. The zero-order chi connectivity index (χ0) is 22.3. The Morgan fingerprint density at radius 2 is 1.81 bits per heavy atom. The maximum absolute atomic E-state index is 13.4. The van der Waals surface area contributed by atoms with Crippen molar-refractivity contribution in [1.82, 2.24) is 15.3 Å². The summed E-state index contributed by atoms with van der Waals surface area (Å²) in [5.41, 5.74) is 4.04. The van der Waals surface area contributed by atoms with Crippen LogP contribution in [0.25, 0.3) is 11.3 Å². The molecule has 0 saturated carbocycles. The standard InChI is InChI=1S/C27H31F2N3/c1-19-18-30-12-10-22(19)9-8-20-4-2-6-23(14-20)26-11-13-31-27(32-26)7-3-5-21-15-24(28)17-25(29)16-21/h2,4,6,11,13-17,19,22,30H,3,5,7-10,12,18H2,1H3/t19-,22+/m0/s1. The molecule has 0 radical (unpaired) electrons. The van der Waals surface area contributed by atoms with E-state index >= 15 is 0 Å². The number of hydrogen-bond donors (Lipinski definition) is 1. The van der Waals surface area contributed by atoms with Crippen molar-refractivity contribution < 1.29 is 8.78 Å². The summed E-state index contributed by atoms with van der Waals surface area (Å²) >= 11 is 0. The Morgan fingerprint density at radius 3 is 2.62 bits per heavy atom. The quantitative estimate of drug-likeness (QED) is 0.488. The molecular formula is C27H31F2N3. The molecule has 32 heavy (non-hydrogen) atoms. The van der Waals surface area contributed by atoms with Gasteiger partial charge in [0.15, 0.2) is 0 Å². The van der Waals surface area contributed by atoms with Gasteiger partial charge in [0.1, 0.15) is 17.5 Å². The highest BCUT2D eigenvalue weighted by Gasteiger charge is 2.20. The molecule has 1 saturated heterocycles. The molecule has 1 aromatic heterocycles. The maximum Gasteiger partial charge on any atom is 0.128 e. The van der Waals surface area contributed by atoms with Crippen molar-refractivity contribution in [2.75, 3.05) is 13.1 Å². The van der Waals surface area contributed by atoms with Gasteiger partial charge < -0.3 is 5.32 Å². The molecule has 1 aliphatic heterocycles. The van der Waals surface area contributed by atoms with Crippen molar-refractivity contribution >= 4 is 0 Å². The minimum atomic E-state index is -0.534. The van der Waals surface area contributed by atoms with Crippen LogP contribution in [0.1, 0.15) is 43.1 Å². The van der Waals surface area contributed by atoms with Crippen molar-refractivity contribution in [3.63, 3.8) is 0 Å². The van der Waals surface area contributed by atoms with Crippen LogP contribution in [0.2, 0.25) is 0 Å². The summed E-state index contributed by atoms with van der Waals surface area (Å²) in [4.78, 5) is 9.14. The number of nitrogens with one attached hydrogen (secondary N) is 1. The molecule has 168 valence electrons. The number of rotatable bonds is 8. The predicted molar refractivity (Wildman–Crippen MR) is 124 cm³/mol. The third-order valence-electron chi connectivity index (χ3n) is 6.48. The molecule has 1 aliphatic rings. The molecule has 0 unspecified atom stereocenters. The molecule has 2 atom stereocenters. The number of benzene rings is 2. The second-order valence-electron chi connectivity index (χ2n) is 8.96. The van der Waals surface area contributed by atoms with E-state index in [4.69, 9.17) is 4.98 Å². The molecule has 0 bridgehead atoms. The van der Waals surface area contributed by atoms with E-state index in [1.54, 1.807) is 6.20 Å². The Hall–Kier alpha value is -2.66. The average molecular weight is 436 g/mol. The van der Waals surface area contributed by atoms with Crippen LogP contribution in [0.4, 0.5) is 8.78 Å². The lowest BCUT2D eigenvalue weighted by molar-refractivity contribution is 0.259. The first-order valence-electron chi connectivity index (χ1n) is 11.6. The SMILES string of the molecule is C[C@H]1CNCC[C@H]1CCc1cccc(-c2ccnc(CCCc3cc(F)cc(F)c3)n2)c1. The number of piperidine rings is 1. The van der Waals surface area contributed by atoms with Gasteiger partial charge in [0.2, 0.25) is 0 Å². The Bertz CT molecular complexity index is 1020. The Morgan fingerprint density at radius 1 is 0.969 bits per heavy atom. The topological polar surface area (TPSA) is 37.8 Å². The molecule has 2 heterocycles. The number of aryl methyl sites for hydroxylation is 3. The summed E-state index contributed by atoms with van der Waals surface area (Å²) in [7, 11) is 0. The minimum absolute atomic E-state index is 0.534. The van der Waals surface area contributed by atoms with Crippen LogP contribution in [0.3, 0.4) is 0 Å². The Labute approximate surface area is 189 Å². The fourth-order valence-corrected chi connectivity index (χ4v) is 4.62. The molecule has 4 rings (SSSR count). The van der Waals surface area contributed by atoms with Gasteiger partial charge in [-0.2, -0.15) is 0 Å². The largest absolute Gasteiger partial charge is 0.316 e. The van der Waals surface area contributed by atoms with Crippen molar-refractivity contribution in [1.29, 1.82) is 0 Å². The van der Waals surface area contributed by atoms with Gasteiger partial charge in [-0.15, -0.1) is 0 Å². The summed E-state index contributed by atoms with van der Waals surface area (Å²) in [6.07, 6.45) is 7.36. The van der Waals surface area contributed by atoms with E-state index in [0.717, 1.165) is 60.9 Å². The zero-order valence-corrected chi connectivity index (χ0v) is 18.7. The first-order chi connectivity index (χ1) is 15.6. The normalized spacial score (nSPS) is 18.6. The fourth-order valence-electron chi connectivity index (χ4n) is 4.62. The average Bonchev–Trinajstić information content (AvgIpc) is 2.78. The third-order valence-corrected chi connectivity index (χ3v) is 6.48. The molecule has 3 aromatic rings. The highest BCUT2D eigenvalue weighted by atomic mass is 19.1. The van der Waals surface area contributed by atoms with E-state index in [1.807, 2.05) is 6.07 Å². The highest BCUT2D eigenvalue weighted by Crippen LogP contribution is 2.25. The molecule has 1 fully saturated rings. The van der Waals surface area contributed by atoms with Gasteiger partial charge in [-0.05, 0) is 92.4 Å². The van der Waals surface area contributed by atoms with Crippen molar-refractivity contribution in [3.05, 3.63) is 83.3 Å². The molecule has 5 heteroatoms. The number of halogens is 2. The second-order valence-corrected chi connectivity index (χ2v) is 8.96. The molecule has 1 N–H and O–H groups in total. The van der Waals surface area contributed by atoms with Crippen LogP contribution >= 0.6 is 0 Å². The zero-order valence-electron chi connectivity index (χ0n) is 18.7. The Kier molecular flexibility index (Phi) is 7.59. The molecule has 0 spiro atoms. The van der Waals surface area contributed by atoms with Crippen molar-refractivity contribution in [2.45, 2.75) is 45.4 Å². The fraction of sp³-hybridized carbons (Fsp3) is 0.407. The summed E-state index contributed by atoms with van der Waals surface area (Å²) in [6, 6.07) is 14.3. The number of hydrogen-bond acceptors (Lipinski definition) is 3. The monoisotopic (exact) mass is 435 g/mol. The van der Waals surface area contributed by atoms with Gasteiger partial charge in [-0.25, -0.2) is 18.7 Å². The molecule has 0 amide bonds. The van der Waals surface area contributed by atoms with Gasteiger partial charge in [-0.3, -0.25) is 0 Å². The van der Waals surface area contributed by atoms with Gasteiger partial charge >= 0.3 is 0 Å². The molecule has 0 aliphatic carbocycles. The van der Waals surface area contributed by atoms with E-state index in [-0.39, 0.29) is 0 Å². The lowest BCUT2D eigenvalue weighted by Crippen LogP contribution is -2.35. The number of aromatic nitrogens is 2. The molecular weight excluding hydrogens is 404 g/mol. The molecule has 3 nitrogen and oxygen atoms in total. The van der Waals surface area contributed by atoms with Crippen molar-refractivity contribution in [3.8, 4) is 11.3 Å². The van der Waals surface area contributed by atoms with E-state index in [9.17, 15) is 8.78 Å². The van der Waals surface area contributed by atoms with Crippen LogP contribution in [0.15, 0.2) is 54.7 Å². The minimum Gasteiger partial charge on any atom is -0.316 e. The van der Waals surface area contributed by atoms with E-state index in [1.165, 1.54) is 30.5 Å². The lowest BCUT2D eigenvalue weighted by Gasteiger charge is -2.29. The van der Waals surface area contributed by atoms with Crippen LogP contribution in [0.5, 0.6) is 0 Å². The van der Waals surface area contributed by atoms with Crippen molar-refractivity contribution in [2.24, 2.45) is 11.8 Å². The smallest absolute Gasteiger partial charge is 0.128 e. The first kappa shape index (κ1) is 22.5. The van der Waals surface area contributed by atoms with Crippen LogP contribution < -0.4 is 5.32 Å². The third kappa shape index (κ3) is 6.19. The molecule has 2 aromatic carbocycles. The highest BCUT2D eigenvalue weighted by molar-refractivity contribution is 5.59. The summed E-state index contributed by atoms with van der Waals surface area (Å²) in [5, 5.41) is 3.48. The summed E-state index contributed by atoms with van der Waals surface area (Å²) in [6.45, 7) is 4.61. The van der Waals surface area contributed by atoms with E-state index in [0.29, 0.717) is 18.4 Å². The van der Waals surface area contributed by atoms with Gasteiger partial charge in [-0.1, -0.05) is 25.1 Å². The van der Waals surface area contributed by atoms with Crippen LogP contribution in [-0.4, -0.2) is 23.1 Å². The number of nitrogens with zero attached hydrogens (tertiary/aromatic N) is 2. The van der Waals surface area contributed by atoms with Crippen LogP contribution in [0, 0.1) is 23.5 Å².